The molecular weight excluding hydrogens is 402 g/mol. The maximum atomic E-state index is 5.63. The van der Waals surface area contributed by atoms with Crippen molar-refractivity contribution in [2.24, 2.45) is 11.5 Å². The van der Waals surface area contributed by atoms with Gasteiger partial charge in [-0.2, -0.15) is 0 Å². The molecule has 0 aliphatic rings. The van der Waals surface area contributed by atoms with E-state index in [0.717, 1.165) is 13.1 Å². The summed E-state index contributed by atoms with van der Waals surface area (Å²) in [5, 5.41) is 0. The van der Waals surface area contributed by atoms with Crippen LogP contribution in [0, 0.1) is 0 Å². The van der Waals surface area contributed by atoms with Gasteiger partial charge in [0.25, 0.3) is 0 Å². The summed E-state index contributed by atoms with van der Waals surface area (Å²) in [6.45, 7) is 7.90. The van der Waals surface area contributed by atoms with E-state index in [2.05, 4.69) is 11.8 Å². The number of rotatable bonds is 29. The molecule has 0 unspecified atom stereocenters. The van der Waals surface area contributed by atoms with Crippen molar-refractivity contribution in [2.45, 2.75) is 161 Å². The molecule has 3 nitrogen and oxygen atoms in total. The van der Waals surface area contributed by atoms with Crippen LogP contribution in [0.4, 0.5) is 0 Å². The molecule has 0 atom stereocenters. The summed E-state index contributed by atoms with van der Waals surface area (Å²) in [6.07, 6.45) is 33.6. The first kappa shape index (κ1) is 32.9. The van der Waals surface area contributed by atoms with Gasteiger partial charge in [0.1, 0.15) is 0 Å². The highest BCUT2D eigenvalue weighted by Gasteiger charge is 2.05. The highest BCUT2D eigenvalue weighted by molar-refractivity contribution is 4.60. The van der Waals surface area contributed by atoms with Crippen molar-refractivity contribution in [3.05, 3.63) is 0 Å². The van der Waals surface area contributed by atoms with E-state index in [1.165, 1.54) is 174 Å². The van der Waals surface area contributed by atoms with Crippen molar-refractivity contribution in [1.82, 2.24) is 4.90 Å². The molecule has 0 aromatic carbocycles. The van der Waals surface area contributed by atoms with Crippen molar-refractivity contribution in [1.29, 1.82) is 0 Å². The molecular formula is C30H65N3. The first-order valence-corrected chi connectivity index (χ1v) is 15.5. The van der Waals surface area contributed by atoms with Crippen molar-refractivity contribution < 1.29 is 0 Å². The van der Waals surface area contributed by atoms with E-state index < -0.39 is 0 Å². The molecule has 0 amide bonds. The van der Waals surface area contributed by atoms with Crippen LogP contribution in [0.25, 0.3) is 0 Å². The van der Waals surface area contributed by atoms with Crippen LogP contribution < -0.4 is 11.5 Å². The molecule has 0 rings (SSSR count). The summed E-state index contributed by atoms with van der Waals surface area (Å²) >= 11 is 0. The van der Waals surface area contributed by atoms with Gasteiger partial charge in [0.05, 0.1) is 0 Å². The Balaban J connectivity index is 3.54. The van der Waals surface area contributed by atoms with Gasteiger partial charge in [-0.05, 0) is 64.8 Å². The Bertz CT molecular complexity index is 321. The highest BCUT2D eigenvalue weighted by Crippen LogP contribution is 2.14. The second kappa shape index (κ2) is 29.9. The largest absolute Gasteiger partial charge is 0.330 e. The third-order valence-corrected chi connectivity index (χ3v) is 7.18. The summed E-state index contributed by atoms with van der Waals surface area (Å²) in [5.74, 6) is 0. The van der Waals surface area contributed by atoms with Crippen LogP contribution in [0.1, 0.15) is 161 Å². The van der Waals surface area contributed by atoms with Gasteiger partial charge in [-0.25, -0.2) is 0 Å². The fraction of sp³-hybridized carbons (Fsp3) is 1.00. The Morgan fingerprint density at radius 2 is 0.576 bits per heavy atom. The van der Waals surface area contributed by atoms with Crippen molar-refractivity contribution in [3.63, 3.8) is 0 Å². The van der Waals surface area contributed by atoms with Crippen LogP contribution in [0.3, 0.4) is 0 Å². The molecule has 200 valence electrons. The van der Waals surface area contributed by atoms with Gasteiger partial charge in [0.15, 0.2) is 0 Å². The first-order valence-electron chi connectivity index (χ1n) is 15.5. The lowest BCUT2D eigenvalue weighted by atomic mass is 10.0. The zero-order valence-corrected chi connectivity index (χ0v) is 23.1. The van der Waals surface area contributed by atoms with E-state index in [-0.39, 0.29) is 0 Å². The van der Waals surface area contributed by atoms with Gasteiger partial charge < -0.3 is 16.4 Å². The molecule has 0 fully saturated rings. The molecule has 0 aliphatic carbocycles. The zero-order chi connectivity index (χ0) is 24.1. The summed E-state index contributed by atoms with van der Waals surface area (Å²) in [6, 6.07) is 0. The summed E-state index contributed by atoms with van der Waals surface area (Å²) in [4.78, 5) is 2.74. The maximum Gasteiger partial charge on any atom is -0.00187 e. The monoisotopic (exact) mass is 468 g/mol. The smallest absolute Gasteiger partial charge is 0.00187 e. The number of nitrogens with zero attached hydrogens (tertiary/aromatic N) is 1. The molecule has 0 saturated heterocycles. The minimum absolute atomic E-state index is 0.851. The average Bonchev–Trinajstić information content (AvgIpc) is 2.83. The lowest BCUT2D eigenvalue weighted by molar-refractivity contribution is 0.254. The third kappa shape index (κ3) is 28.0. The molecule has 0 spiro atoms. The van der Waals surface area contributed by atoms with Gasteiger partial charge in [-0.1, -0.05) is 129 Å². The lowest BCUT2D eigenvalue weighted by Crippen LogP contribution is -2.27. The molecule has 33 heavy (non-hydrogen) atoms. The first-order chi connectivity index (χ1) is 16.3. The highest BCUT2D eigenvalue weighted by atomic mass is 15.1. The van der Waals surface area contributed by atoms with E-state index in [1.54, 1.807) is 0 Å². The van der Waals surface area contributed by atoms with Gasteiger partial charge >= 0.3 is 0 Å². The van der Waals surface area contributed by atoms with Gasteiger partial charge in [0.2, 0.25) is 0 Å². The van der Waals surface area contributed by atoms with Crippen LogP contribution in [0.15, 0.2) is 0 Å². The fourth-order valence-electron chi connectivity index (χ4n) is 4.89. The summed E-state index contributed by atoms with van der Waals surface area (Å²) < 4.78 is 0. The molecule has 0 aromatic rings. The van der Waals surface area contributed by atoms with E-state index in [4.69, 9.17) is 11.5 Å². The lowest BCUT2D eigenvalue weighted by Gasteiger charge is -2.22. The minimum atomic E-state index is 0.851. The predicted molar refractivity (Wildman–Crippen MR) is 151 cm³/mol. The Kier molecular flexibility index (Phi) is 29.8. The Morgan fingerprint density at radius 3 is 0.848 bits per heavy atom. The summed E-state index contributed by atoms with van der Waals surface area (Å²) in [5.41, 5.74) is 11.3. The van der Waals surface area contributed by atoms with E-state index in [0.29, 0.717) is 0 Å². The average molecular weight is 468 g/mol. The Hall–Kier alpha value is -0.120. The second-order valence-electron chi connectivity index (χ2n) is 10.6. The molecule has 0 radical (unpaired) electrons. The quantitative estimate of drug-likeness (QED) is 0.108. The zero-order valence-electron chi connectivity index (χ0n) is 23.1. The van der Waals surface area contributed by atoms with Crippen LogP contribution in [0.2, 0.25) is 0 Å². The molecule has 0 aromatic heterocycles. The van der Waals surface area contributed by atoms with Crippen LogP contribution in [0.5, 0.6) is 0 Å². The SMILES string of the molecule is CCCCCCCCCCCCCCCCCCN(CCCCCCN)CCCCCCN. The molecule has 3 heteroatoms. The standard InChI is InChI=1S/C30H65N3/c1-2-3-4-5-6-7-8-9-10-11-12-13-14-15-18-23-28-33(29-24-19-16-21-26-31)30-25-20-17-22-27-32/h2-32H2,1H3. The topological polar surface area (TPSA) is 55.3 Å². The van der Waals surface area contributed by atoms with Gasteiger partial charge in [0, 0.05) is 0 Å². The van der Waals surface area contributed by atoms with E-state index in [9.17, 15) is 0 Å². The van der Waals surface area contributed by atoms with Crippen molar-refractivity contribution >= 4 is 0 Å². The van der Waals surface area contributed by atoms with E-state index in [1.807, 2.05) is 0 Å². The normalized spacial score (nSPS) is 11.6. The van der Waals surface area contributed by atoms with Crippen molar-refractivity contribution in [3.8, 4) is 0 Å². The van der Waals surface area contributed by atoms with Gasteiger partial charge in [-0.15, -0.1) is 0 Å². The van der Waals surface area contributed by atoms with Crippen LogP contribution in [-0.2, 0) is 0 Å². The molecule has 0 aliphatic heterocycles. The third-order valence-electron chi connectivity index (χ3n) is 7.18. The number of hydrogen-bond donors (Lipinski definition) is 2. The van der Waals surface area contributed by atoms with Crippen LogP contribution >= 0.6 is 0 Å². The fourth-order valence-corrected chi connectivity index (χ4v) is 4.89. The maximum absolute atomic E-state index is 5.63. The van der Waals surface area contributed by atoms with Gasteiger partial charge in [-0.3, -0.25) is 0 Å². The number of nitrogens with two attached hydrogens (primary N) is 2. The second-order valence-corrected chi connectivity index (χ2v) is 10.6. The van der Waals surface area contributed by atoms with E-state index >= 15 is 0 Å². The molecule has 4 N–H and O–H groups in total. The minimum Gasteiger partial charge on any atom is -0.330 e. The summed E-state index contributed by atoms with van der Waals surface area (Å²) in [7, 11) is 0. The predicted octanol–water partition coefficient (Wildman–Crippen LogP) is 8.59. The molecule has 0 saturated carbocycles. The van der Waals surface area contributed by atoms with Crippen LogP contribution in [-0.4, -0.2) is 37.6 Å². The van der Waals surface area contributed by atoms with Crippen molar-refractivity contribution in [2.75, 3.05) is 32.7 Å². The number of unbranched alkanes of at least 4 members (excludes halogenated alkanes) is 21. The molecule has 0 heterocycles. The Morgan fingerprint density at radius 1 is 0.333 bits per heavy atom. The Labute approximate surface area is 210 Å². The molecule has 0 bridgehead atoms. The number of hydrogen-bond acceptors (Lipinski definition) is 3.